The molecule has 1 aromatic heterocycles. The fraction of sp³-hybridized carbons (Fsp3) is 0.652. The lowest BCUT2D eigenvalue weighted by Crippen LogP contribution is -2.46. The van der Waals surface area contributed by atoms with E-state index in [9.17, 15) is 4.79 Å². The minimum Gasteiger partial charge on any atom is -0.338 e. The topological polar surface area (TPSA) is 51.7 Å². The molecule has 0 aliphatic carbocycles. The highest BCUT2D eigenvalue weighted by atomic mass is 35.5. The number of piperazine rings is 1. The number of halogens is 1. The van der Waals surface area contributed by atoms with Gasteiger partial charge in [0.1, 0.15) is 0 Å². The number of nitrogens with zero attached hydrogens (tertiary/aromatic N) is 4. The fourth-order valence-corrected chi connectivity index (χ4v) is 5.80. The molecule has 6 nitrogen and oxygen atoms in total. The lowest BCUT2D eigenvalue weighted by Gasteiger charge is -2.34. The lowest BCUT2D eigenvalue weighted by molar-refractivity contribution is 0.135. The number of fused-ring (bicyclic) bond motifs is 1. The van der Waals surface area contributed by atoms with Crippen molar-refractivity contribution < 1.29 is 4.79 Å². The molecule has 0 saturated carbocycles. The smallest absolute Gasteiger partial charge is 0.317 e. The van der Waals surface area contributed by atoms with Crippen molar-refractivity contribution in [2.24, 2.45) is 0 Å². The van der Waals surface area contributed by atoms with E-state index >= 15 is 0 Å². The van der Waals surface area contributed by atoms with Gasteiger partial charge in [-0.1, -0.05) is 18.5 Å². The number of likely N-dealkylation sites (N-methyl/N-ethyl adjacent to an activating group) is 1. The van der Waals surface area contributed by atoms with Gasteiger partial charge in [0, 0.05) is 56.8 Å². The molecule has 8 heteroatoms. The molecule has 1 aromatic carbocycles. The molecule has 0 atom stereocenters. The minimum atomic E-state index is 0.0890. The van der Waals surface area contributed by atoms with E-state index in [4.69, 9.17) is 16.6 Å². The van der Waals surface area contributed by atoms with Crippen molar-refractivity contribution in [2.45, 2.75) is 38.5 Å². The first-order valence-electron chi connectivity index (χ1n) is 11.7. The maximum atomic E-state index is 12.5. The summed E-state index contributed by atoms with van der Waals surface area (Å²) in [7, 11) is 0. The number of carbonyl (C=O) groups excluding carboxylic acids is 1. The average Bonchev–Trinajstić information content (AvgIpc) is 3.22. The second-order valence-electron chi connectivity index (χ2n) is 8.64. The molecule has 0 spiro atoms. The lowest BCUT2D eigenvalue weighted by atomic mass is 9.98. The van der Waals surface area contributed by atoms with E-state index in [1.807, 2.05) is 23.1 Å². The Kier molecular flexibility index (Phi) is 8.04. The van der Waals surface area contributed by atoms with Gasteiger partial charge < -0.3 is 20.0 Å². The van der Waals surface area contributed by atoms with Gasteiger partial charge in [0.05, 0.1) is 15.2 Å². The van der Waals surface area contributed by atoms with E-state index in [0.717, 1.165) is 68.9 Å². The summed E-state index contributed by atoms with van der Waals surface area (Å²) in [6, 6.07) is 5.99. The molecule has 31 heavy (non-hydrogen) atoms. The molecule has 2 saturated heterocycles. The van der Waals surface area contributed by atoms with E-state index in [1.165, 1.54) is 35.9 Å². The molecular formula is C23H34ClN5OS. The van der Waals surface area contributed by atoms with Crippen LogP contribution in [-0.4, -0.2) is 84.6 Å². The molecule has 2 aliphatic heterocycles. The van der Waals surface area contributed by atoms with Gasteiger partial charge in [-0.3, -0.25) is 0 Å². The molecule has 2 fully saturated rings. The van der Waals surface area contributed by atoms with Crippen molar-refractivity contribution in [2.75, 3.05) is 58.9 Å². The number of hydrogen-bond donors (Lipinski definition) is 1. The number of aromatic nitrogens is 1. The van der Waals surface area contributed by atoms with Crippen LogP contribution in [-0.2, 0) is 0 Å². The quantitative estimate of drug-likeness (QED) is 0.623. The largest absolute Gasteiger partial charge is 0.338 e. The average molecular weight is 464 g/mol. The Bertz CT molecular complexity index is 859. The van der Waals surface area contributed by atoms with Crippen molar-refractivity contribution in [3.05, 3.63) is 28.2 Å². The van der Waals surface area contributed by atoms with E-state index in [2.05, 4.69) is 22.0 Å². The zero-order valence-corrected chi connectivity index (χ0v) is 20.1. The van der Waals surface area contributed by atoms with E-state index in [-0.39, 0.29) is 6.03 Å². The van der Waals surface area contributed by atoms with Gasteiger partial charge in [0.15, 0.2) is 0 Å². The van der Waals surface area contributed by atoms with Gasteiger partial charge in [-0.2, -0.15) is 0 Å². The van der Waals surface area contributed by atoms with Gasteiger partial charge in [-0.15, -0.1) is 11.3 Å². The van der Waals surface area contributed by atoms with E-state index in [1.54, 1.807) is 11.3 Å². The second-order valence-corrected chi connectivity index (χ2v) is 10.1. The monoisotopic (exact) mass is 463 g/mol. The van der Waals surface area contributed by atoms with Crippen LogP contribution in [0.4, 0.5) is 4.79 Å². The summed E-state index contributed by atoms with van der Waals surface area (Å²) in [5.74, 6) is 0.438. The minimum absolute atomic E-state index is 0.0890. The molecule has 170 valence electrons. The number of piperidine rings is 1. The maximum Gasteiger partial charge on any atom is 0.317 e. The summed E-state index contributed by atoms with van der Waals surface area (Å²) in [4.78, 5) is 24.3. The molecule has 2 amide bonds. The number of likely N-dealkylation sites (tertiary alicyclic amines) is 1. The second kappa shape index (κ2) is 10.9. The Morgan fingerprint density at radius 1 is 1.13 bits per heavy atom. The molecule has 2 aliphatic rings. The van der Waals surface area contributed by atoms with Gasteiger partial charge in [-0.05, 0) is 57.0 Å². The molecule has 4 rings (SSSR count). The van der Waals surface area contributed by atoms with Gasteiger partial charge in [-0.25, -0.2) is 9.78 Å². The maximum absolute atomic E-state index is 12.5. The Morgan fingerprint density at radius 2 is 1.87 bits per heavy atom. The Balaban J connectivity index is 1.13. The Labute approximate surface area is 194 Å². The number of unbranched alkanes of at least 4 members (excludes halogenated alkanes) is 1. The number of amides is 2. The van der Waals surface area contributed by atoms with Crippen molar-refractivity contribution in [1.29, 1.82) is 0 Å². The molecular weight excluding hydrogens is 430 g/mol. The molecule has 2 aromatic rings. The fourth-order valence-electron chi connectivity index (χ4n) is 4.52. The van der Waals surface area contributed by atoms with E-state index < -0.39 is 0 Å². The number of hydrogen-bond acceptors (Lipinski definition) is 5. The Hall–Kier alpha value is -1.41. The first kappa shape index (κ1) is 22.8. The number of urea groups is 1. The summed E-state index contributed by atoms with van der Waals surface area (Å²) < 4.78 is 1.19. The van der Waals surface area contributed by atoms with Crippen LogP contribution in [0.3, 0.4) is 0 Å². The van der Waals surface area contributed by atoms with Crippen molar-refractivity contribution in [3.8, 4) is 0 Å². The molecule has 3 heterocycles. The third kappa shape index (κ3) is 6.09. The van der Waals surface area contributed by atoms with Crippen LogP contribution in [0, 0.1) is 0 Å². The first-order valence-corrected chi connectivity index (χ1v) is 12.9. The van der Waals surface area contributed by atoms with Crippen LogP contribution in [0.25, 0.3) is 10.2 Å². The van der Waals surface area contributed by atoms with Crippen LogP contribution in [0.15, 0.2) is 18.2 Å². The van der Waals surface area contributed by atoms with Crippen LogP contribution in [0.5, 0.6) is 0 Å². The van der Waals surface area contributed by atoms with Crippen LogP contribution < -0.4 is 5.32 Å². The summed E-state index contributed by atoms with van der Waals surface area (Å²) in [6.07, 6.45) is 4.15. The van der Waals surface area contributed by atoms with Gasteiger partial charge in [0.25, 0.3) is 0 Å². The number of benzene rings is 1. The van der Waals surface area contributed by atoms with Gasteiger partial charge in [0.2, 0.25) is 0 Å². The highest BCUT2D eigenvalue weighted by molar-refractivity contribution is 7.18. The SMILES string of the molecule is CCN1CCN(CCCCNC(=O)N2CCC(c3nc4cc(Cl)ccc4s3)CC2)CC1. The summed E-state index contributed by atoms with van der Waals surface area (Å²) in [6.45, 7) is 11.6. The zero-order chi connectivity index (χ0) is 21.6. The van der Waals surface area contributed by atoms with E-state index in [0.29, 0.717) is 5.92 Å². The van der Waals surface area contributed by atoms with Crippen molar-refractivity contribution >= 4 is 39.2 Å². The zero-order valence-electron chi connectivity index (χ0n) is 18.5. The highest BCUT2D eigenvalue weighted by Gasteiger charge is 2.26. The number of nitrogens with one attached hydrogen (secondary N) is 1. The highest BCUT2D eigenvalue weighted by Crippen LogP contribution is 2.34. The standard InChI is InChI=1S/C23H34ClN5OS/c1-2-27-13-15-28(16-14-27)10-4-3-9-25-23(30)29-11-7-18(8-12-29)22-26-20-17-19(24)5-6-21(20)31-22/h5-6,17-18H,2-4,7-16H2,1H3,(H,25,30). The molecule has 1 N–H and O–H groups in total. The van der Waals surface area contributed by atoms with Crippen LogP contribution in [0.1, 0.15) is 43.5 Å². The predicted octanol–water partition coefficient (Wildman–Crippen LogP) is 4.26. The number of rotatable bonds is 7. The van der Waals surface area contributed by atoms with Crippen LogP contribution in [0.2, 0.25) is 5.02 Å². The number of thiazole rings is 1. The predicted molar refractivity (Wildman–Crippen MR) is 129 cm³/mol. The molecule has 0 unspecified atom stereocenters. The Morgan fingerprint density at radius 3 is 2.61 bits per heavy atom. The van der Waals surface area contributed by atoms with Gasteiger partial charge >= 0.3 is 6.03 Å². The van der Waals surface area contributed by atoms with Crippen LogP contribution >= 0.6 is 22.9 Å². The summed E-state index contributed by atoms with van der Waals surface area (Å²) in [5, 5.41) is 5.03. The van der Waals surface area contributed by atoms with Crippen molar-refractivity contribution in [3.63, 3.8) is 0 Å². The first-order chi connectivity index (χ1) is 15.1. The third-order valence-corrected chi connectivity index (χ3v) is 8.02. The normalized spacial score (nSPS) is 19.2. The summed E-state index contributed by atoms with van der Waals surface area (Å²) in [5.41, 5.74) is 0.986. The number of carbonyl (C=O) groups is 1. The van der Waals surface area contributed by atoms with Crippen molar-refractivity contribution in [1.82, 2.24) is 25.0 Å². The summed E-state index contributed by atoms with van der Waals surface area (Å²) >= 11 is 7.85. The third-order valence-electron chi connectivity index (χ3n) is 6.59. The molecule has 0 bridgehead atoms. The molecule has 0 radical (unpaired) electrons.